The quantitative estimate of drug-likeness (QED) is 0.780. The maximum Gasteiger partial charge on any atom is 0.695 e. The van der Waals surface area contributed by atoms with E-state index in [0.717, 1.165) is 5.56 Å². The van der Waals surface area contributed by atoms with Crippen LogP contribution in [0.5, 0.6) is 0 Å². The Hall–Kier alpha value is -1.09. The number of Topliss-reactive ketones (excluding diaryl/α,β-unsaturated/α-hetero) is 1. The topological polar surface area (TPSA) is 63.6 Å². The lowest BCUT2D eigenvalue weighted by atomic mass is 9.89. The number of hydrogen-bond donors (Lipinski definition) is 1. The van der Waals surface area contributed by atoms with Crippen molar-refractivity contribution in [3.8, 4) is 0 Å². The van der Waals surface area contributed by atoms with Crippen molar-refractivity contribution < 1.29 is 18.8 Å². The van der Waals surface area contributed by atoms with Gasteiger partial charge in [-0.3, -0.25) is 4.79 Å². The highest BCUT2D eigenvalue weighted by Crippen LogP contribution is 2.28. The number of aryl methyl sites for hydroxylation is 1. The van der Waals surface area contributed by atoms with Crippen LogP contribution in [0.3, 0.4) is 0 Å². The fraction of sp³-hybridized carbons (Fsp3) is 0.300. The Morgan fingerprint density at radius 2 is 2.13 bits per heavy atom. The predicted molar refractivity (Wildman–Crippen MR) is 53.8 cm³/mol. The lowest BCUT2D eigenvalue weighted by molar-refractivity contribution is 0.0752. The molecule has 0 aromatic heterocycles. The summed E-state index contributed by atoms with van der Waals surface area (Å²) in [5.41, 5.74) is 1.58. The number of rotatable bonds is 2. The molecule has 0 amide bonds. The zero-order valence-corrected chi connectivity index (χ0v) is 8.81. The summed E-state index contributed by atoms with van der Waals surface area (Å²) in [6, 6.07) is 7.26. The number of ketones is 1. The molecule has 15 heavy (non-hydrogen) atoms. The molecule has 4 nitrogen and oxygen atoms in total. The van der Waals surface area contributed by atoms with E-state index in [4.69, 9.17) is 4.89 Å². The minimum absolute atomic E-state index is 0.200. The van der Waals surface area contributed by atoms with Gasteiger partial charge in [0.2, 0.25) is 0 Å². The Morgan fingerprint density at radius 3 is 2.87 bits per heavy atom. The molecule has 2 rings (SSSR count). The van der Waals surface area contributed by atoms with E-state index in [1.54, 1.807) is 12.1 Å². The molecule has 2 atom stereocenters. The minimum atomic E-state index is -2.71. The zero-order chi connectivity index (χ0) is 10.8. The van der Waals surface area contributed by atoms with Gasteiger partial charge in [-0.2, -0.15) is 0 Å². The lowest BCUT2D eigenvalue weighted by Gasteiger charge is -2.18. The molecule has 0 fully saturated rings. The smallest absolute Gasteiger partial charge is 0.291 e. The van der Waals surface area contributed by atoms with E-state index in [-0.39, 0.29) is 5.78 Å². The van der Waals surface area contributed by atoms with Crippen molar-refractivity contribution in [1.82, 2.24) is 0 Å². The Balaban J connectivity index is 2.26. The molecule has 0 radical (unpaired) electrons. The minimum Gasteiger partial charge on any atom is -0.291 e. The molecule has 0 bridgehead atoms. The van der Waals surface area contributed by atoms with E-state index in [2.05, 4.69) is 4.52 Å². The Labute approximate surface area is 87.8 Å². The molecule has 0 spiro atoms. The van der Waals surface area contributed by atoms with Crippen LogP contribution in [-0.2, 0) is 15.5 Å². The monoisotopic (exact) mass is 225 g/mol. The van der Waals surface area contributed by atoms with E-state index in [0.29, 0.717) is 18.4 Å². The summed E-state index contributed by atoms with van der Waals surface area (Å²) in [6.45, 7) is 0. The van der Waals surface area contributed by atoms with Gasteiger partial charge >= 0.3 is 8.25 Å². The maximum atomic E-state index is 11.8. The van der Waals surface area contributed by atoms with Crippen LogP contribution < -0.4 is 0 Å². The van der Waals surface area contributed by atoms with Gasteiger partial charge in [-0.05, 0) is 18.4 Å². The van der Waals surface area contributed by atoms with Crippen LogP contribution in [0.25, 0.3) is 0 Å². The molecular weight excluding hydrogens is 215 g/mol. The van der Waals surface area contributed by atoms with Gasteiger partial charge in [0.15, 0.2) is 11.9 Å². The summed E-state index contributed by atoms with van der Waals surface area (Å²) in [5.74, 6) is -0.200. The third-order valence-corrected chi connectivity index (χ3v) is 2.90. The normalized spacial score (nSPS) is 21.0. The number of fused-ring (bicyclic) bond motifs is 1. The molecule has 1 aromatic carbocycles. The van der Waals surface area contributed by atoms with Gasteiger partial charge in [0, 0.05) is 10.1 Å². The fourth-order valence-electron chi connectivity index (χ4n) is 1.78. The summed E-state index contributed by atoms with van der Waals surface area (Å²) in [4.78, 5) is 20.4. The fourth-order valence-corrected chi connectivity index (χ4v) is 2.20. The second-order valence-electron chi connectivity index (χ2n) is 3.39. The highest BCUT2D eigenvalue weighted by molar-refractivity contribution is 7.32. The van der Waals surface area contributed by atoms with Crippen molar-refractivity contribution in [3.63, 3.8) is 0 Å². The van der Waals surface area contributed by atoms with E-state index in [1.807, 2.05) is 12.1 Å². The number of benzene rings is 1. The van der Waals surface area contributed by atoms with E-state index < -0.39 is 14.4 Å². The molecule has 1 aromatic rings. The average Bonchev–Trinajstić information content (AvgIpc) is 2.22. The van der Waals surface area contributed by atoms with Crippen molar-refractivity contribution >= 4 is 14.0 Å². The molecule has 1 aliphatic carbocycles. The SMILES string of the molecule is O=C1c2ccccc2CCC1O[P+](=O)O. The second-order valence-corrected chi connectivity index (χ2v) is 4.08. The van der Waals surface area contributed by atoms with Crippen molar-refractivity contribution in [3.05, 3.63) is 35.4 Å². The van der Waals surface area contributed by atoms with Crippen LogP contribution in [-0.4, -0.2) is 16.8 Å². The zero-order valence-electron chi connectivity index (χ0n) is 7.92. The second kappa shape index (κ2) is 4.19. The van der Waals surface area contributed by atoms with Gasteiger partial charge in [-0.15, -0.1) is 9.42 Å². The van der Waals surface area contributed by atoms with Crippen molar-refractivity contribution in [2.75, 3.05) is 0 Å². The predicted octanol–water partition coefficient (Wildman–Crippen LogP) is 1.85. The van der Waals surface area contributed by atoms with Gasteiger partial charge < -0.3 is 0 Å². The van der Waals surface area contributed by atoms with Crippen LogP contribution in [0.15, 0.2) is 24.3 Å². The largest absolute Gasteiger partial charge is 0.695 e. The Bertz CT molecular complexity index is 416. The van der Waals surface area contributed by atoms with Gasteiger partial charge in [0.05, 0.1) is 0 Å². The van der Waals surface area contributed by atoms with Crippen molar-refractivity contribution in [1.29, 1.82) is 0 Å². The van der Waals surface area contributed by atoms with E-state index in [9.17, 15) is 9.36 Å². The van der Waals surface area contributed by atoms with Gasteiger partial charge in [0.25, 0.3) is 0 Å². The molecule has 0 saturated carbocycles. The van der Waals surface area contributed by atoms with Gasteiger partial charge in [0.1, 0.15) is 0 Å². The molecule has 5 heteroatoms. The summed E-state index contributed by atoms with van der Waals surface area (Å²) in [5, 5.41) is 0. The van der Waals surface area contributed by atoms with Crippen LogP contribution in [0, 0.1) is 0 Å². The molecule has 78 valence electrons. The Morgan fingerprint density at radius 1 is 1.40 bits per heavy atom. The first-order valence-corrected chi connectivity index (χ1v) is 5.76. The van der Waals surface area contributed by atoms with Crippen molar-refractivity contribution in [2.45, 2.75) is 18.9 Å². The lowest BCUT2D eigenvalue weighted by Crippen LogP contribution is -2.28. The van der Waals surface area contributed by atoms with Gasteiger partial charge in [-0.25, -0.2) is 0 Å². The van der Waals surface area contributed by atoms with Crippen LogP contribution in [0.4, 0.5) is 0 Å². The van der Waals surface area contributed by atoms with Crippen LogP contribution in [0.1, 0.15) is 22.3 Å². The summed E-state index contributed by atoms with van der Waals surface area (Å²) >= 11 is 0. The first kappa shape index (κ1) is 10.4. The molecule has 0 heterocycles. The average molecular weight is 225 g/mol. The first-order valence-electron chi connectivity index (χ1n) is 4.63. The third-order valence-electron chi connectivity index (χ3n) is 2.47. The first-order chi connectivity index (χ1) is 7.18. The number of carbonyl (C=O) groups excluding carboxylic acids is 1. The van der Waals surface area contributed by atoms with Crippen LogP contribution >= 0.6 is 8.25 Å². The highest BCUT2D eigenvalue weighted by atomic mass is 31.1. The summed E-state index contributed by atoms with van der Waals surface area (Å²) < 4.78 is 15.2. The standard InChI is InChI=1S/C10H9O4P/c11-10-8-4-2-1-3-7(8)5-6-9(10)14-15(12)13/h1-4,9H,5-6H2/p+1. The summed E-state index contributed by atoms with van der Waals surface area (Å²) in [7, 11) is -2.71. The third kappa shape index (κ3) is 2.12. The van der Waals surface area contributed by atoms with Crippen molar-refractivity contribution in [2.24, 2.45) is 0 Å². The molecule has 0 saturated heterocycles. The molecule has 2 unspecified atom stereocenters. The molecule has 1 aliphatic rings. The summed E-state index contributed by atoms with van der Waals surface area (Å²) in [6.07, 6.45) is 0.404. The van der Waals surface area contributed by atoms with Gasteiger partial charge in [-0.1, -0.05) is 24.3 Å². The maximum absolute atomic E-state index is 11.8. The molecular formula is C10H10O4P+. The Kier molecular flexibility index (Phi) is 2.91. The van der Waals surface area contributed by atoms with E-state index >= 15 is 0 Å². The molecule has 1 N–H and O–H groups in total. The number of hydrogen-bond acceptors (Lipinski definition) is 3. The highest BCUT2D eigenvalue weighted by Gasteiger charge is 2.34. The van der Waals surface area contributed by atoms with E-state index in [1.165, 1.54) is 0 Å². The number of carbonyl (C=O) groups is 1. The molecule has 0 aliphatic heterocycles. The van der Waals surface area contributed by atoms with Crippen LogP contribution in [0.2, 0.25) is 0 Å².